The number of nitrogens with zero attached hydrogens (tertiary/aromatic N) is 2. The Bertz CT molecular complexity index is 240. The zero-order valence-electron chi connectivity index (χ0n) is 5.41. The van der Waals surface area contributed by atoms with Gasteiger partial charge in [0.1, 0.15) is 5.82 Å². The van der Waals surface area contributed by atoms with Crippen LogP contribution >= 0.6 is 0 Å². The van der Waals surface area contributed by atoms with Crippen LogP contribution < -0.4 is 0 Å². The topological polar surface area (TPSA) is 52.5 Å². The van der Waals surface area contributed by atoms with E-state index in [1.807, 2.05) is 6.07 Å². The molecule has 50 valence electrons. The molecule has 1 heterocycles. The highest BCUT2D eigenvalue weighted by Crippen LogP contribution is 1.92. The van der Waals surface area contributed by atoms with Crippen LogP contribution in [0.15, 0.2) is 18.5 Å². The quantitative estimate of drug-likeness (QED) is 0.661. The van der Waals surface area contributed by atoms with E-state index >= 15 is 0 Å². The van der Waals surface area contributed by atoms with Gasteiger partial charge in [-0.25, -0.2) is 4.98 Å². The van der Waals surface area contributed by atoms with E-state index in [2.05, 4.69) is 9.97 Å². The molecule has 0 bridgehead atoms. The van der Waals surface area contributed by atoms with Crippen molar-refractivity contribution in [2.45, 2.75) is 6.42 Å². The number of imidazole rings is 1. The van der Waals surface area contributed by atoms with Crippen molar-refractivity contribution in [2.24, 2.45) is 0 Å². The van der Waals surface area contributed by atoms with Crippen molar-refractivity contribution in [3.63, 3.8) is 0 Å². The molecule has 0 radical (unpaired) electrons. The highest BCUT2D eigenvalue weighted by Gasteiger charge is 1.82. The molecule has 1 rings (SSSR count). The van der Waals surface area contributed by atoms with Gasteiger partial charge in [0.2, 0.25) is 0 Å². The van der Waals surface area contributed by atoms with Crippen LogP contribution in [0, 0.1) is 11.3 Å². The predicted octanol–water partition coefficient (Wildman–Crippen LogP) is 1.34. The van der Waals surface area contributed by atoms with Crippen molar-refractivity contribution in [3.05, 3.63) is 24.3 Å². The Morgan fingerprint density at radius 3 is 3.30 bits per heavy atom. The molecule has 0 aliphatic carbocycles. The van der Waals surface area contributed by atoms with E-state index < -0.39 is 0 Å². The molecule has 0 unspecified atom stereocenters. The molecule has 0 saturated carbocycles. The first-order chi connectivity index (χ1) is 4.93. The lowest BCUT2D eigenvalue weighted by molar-refractivity contribution is 1.25. The van der Waals surface area contributed by atoms with Gasteiger partial charge in [-0.05, 0) is 6.08 Å². The molecule has 0 aliphatic heterocycles. The van der Waals surface area contributed by atoms with Crippen molar-refractivity contribution >= 4 is 6.08 Å². The minimum absolute atomic E-state index is 0.431. The number of hydrogen-bond acceptors (Lipinski definition) is 2. The van der Waals surface area contributed by atoms with Crippen LogP contribution in [0.2, 0.25) is 0 Å². The standard InChI is InChI=1S/C7H7N3/c8-4-2-1-3-7-9-5-6-10-7/h1,3,5-6H,2H2,(H,9,10). The van der Waals surface area contributed by atoms with Crippen LogP contribution in [-0.2, 0) is 0 Å². The average Bonchev–Trinajstić information content (AvgIpc) is 2.41. The SMILES string of the molecule is N#CCC=Cc1ncc[nH]1. The second-order valence-electron chi connectivity index (χ2n) is 1.74. The number of H-pyrrole nitrogens is 1. The largest absolute Gasteiger partial charge is 0.345 e. The molecular formula is C7H7N3. The summed E-state index contributed by atoms with van der Waals surface area (Å²) < 4.78 is 0. The van der Waals surface area contributed by atoms with Crippen LogP contribution in [-0.4, -0.2) is 9.97 Å². The first-order valence-electron chi connectivity index (χ1n) is 2.96. The summed E-state index contributed by atoms with van der Waals surface area (Å²) in [5.74, 6) is 0.787. The molecule has 0 amide bonds. The summed E-state index contributed by atoms with van der Waals surface area (Å²) >= 11 is 0. The smallest absolute Gasteiger partial charge is 0.129 e. The summed E-state index contributed by atoms with van der Waals surface area (Å²) in [6.45, 7) is 0. The zero-order valence-corrected chi connectivity index (χ0v) is 5.41. The molecule has 0 fully saturated rings. The maximum Gasteiger partial charge on any atom is 0.129 e. The Balaban J connectivity index is 2.49. The third kappa shape index (κ3) is 1.75. The Hall–Kier alpha value is -1.56. The minimum atomic E-state index is 0.431. The zero-order chi connectivity index (χ0) is 7.23. The normalized spacial score (nSPS) is 9.90. The number of aromatic nitrogens is 2. The fraction of sp³-hybridized carbons (Fsp3) is 0.143. The lowest BCUT2D eigenvalue weighted by atomic mass is 10.4. The first kappa shape index (κ1) is 6.56. The number of rotatable bonds is 2. The van der Waals surface area contributed by atoms with E-state index in [9.17, 15) is 0 Å². The minimum Gasteiger partial charge on any atom is -0.345 e. The van der Waals surface area contributed by atoms with Gasteiger partial charge < -0.3 is 4.98 Å². The Morgan fingerprint density at radius 2 is 2.70 bits per heavy atom. The molecule has 0 aromatic carbocycles. The van der Waals surface area contributed by atoms with E-state index in [1.54, 1.807) is 24.5 Å². The van der Waals surface area contributed by atoms with Crippen molar-refractivity contribution in [2.75, 3.05) is 0 Å². The molecule has 3 nitrogen and oxygen atoms in total. The van der Waals surface area contributed by atoms with Crippen LogP contribution in [0.3, 0.4) is 0 Å². The fourth-order valence-electron chi connectivity index (χ4n) is 0.592. The molecule has 3 heteroatoms. The number of hydrogen-bond donors (Lipinski definition) is 1. The summed E-state index contributed by atoms with van der Waals surface area (Å²) in [6, 6.07) is 2.00. The summed E-state index contributed by atoms with van der Waals surface area (Å²) in [7, 11) is 0. The van der Waals surface area contributed by atoms with E-state index in [0.717, 1.165) is 5.82 Å². The Kier molecular flexibility index (Phi) is 2.27. The molecular weight excluding hydrogens is 126 g/mol. The van der Waals surface area contributed by atoms with Crippen molar-refractivity contribution in [1.29, 1.82) is 5.26 Å². The molecule has 0 aliphatic rings. The average molecular weight is 133 g/mol. The molecule has 0 spiro atoms. The first-order valence-corrected chi connectivity index (χ1v) is 2.96. The fourth-order valence-corrected chi connectivity index (χ4v) is 0.592. The molecule has 1 aromatic rings. The molecule has 1 aromatic heterocycles. The van der Waals surface area contributed by atoms with Gasteiger partial charge in [0.05, 0.1) is 12.5 Å². The summed E-state index contributed by atoms with van der Waals surface area (Å²) in [4.78, 5) is 6.82. The van der Waals surface area contributed by atoms with Crippen LogP contribution in [0.5, 0.6) is 0 Å². The number of aromatic amines is 1. The lowest BCUT2D eigenvalue weighted by Crippen LogP contribution is -1.71. The summed E-state index contributed by atoms with van der Waals surface area (Å²) in [6.07, 6.45) is 7.39. The van der Waals surface area contributed by atoms with Gasteiger partial charge in [-0.3, -0.25) is 0 Å². The van der Waals surface area contributed by atoms with Gasteiger partial charge in [0, 0.05) is 12.4 Å². The molecule has 10 heavy (non-hydrogen) atoms. The van der Waals surface area contributed by atoms with Crippen molar-refractivity contribution in [3.8, 4) is 6.07 Å². The van der Waals surface area contributed by atoms with Crippen LogP contribution in [0.25, 0.3) is 6.08 Å². The summed E-state index contributed by atoms with van der Waals surface area (Å²) in [5, 5.41) is 8.16. The molecule has 0 atom stereocenters. The predicted molar refractivity (Wildman–Crippen MR) is 37.9 cm³/mol. The third-order valence-electron chi connectivity index (χ3n) is 1.00. The van der Waals surface area contributed by atoms with E-state index in [4.69, 9.17) is 5.26 Å². The molecule has 1 N–H and O–H groups in total. The van der Waals surface area contributed by atoms with Crippen molar-refractivity contribution in [1.82, 2.24) is 9.97 Å². The summed E-state index contributed by atoms with van der Waals surface area (Å²) in [5.41, 5.74) is 0. The number of nitriles is 1. The Labute approximate surface area is 59.0 Å². The monoisotopic (exact) mass is 133 g/mol. The number of nitrogens with one attached hydrogen (secondary N) is 1. The highest BCUT2D eigenvalue weighted by atomic mass is 14.9. The van der Waals surface area contributed by atoms with E-state index in [0.29, 0.717) is 6.42 Å². The van der Waals surface area contributed by atoms with Gasteiger partial charge in [-0.2, -0.15) is 5.26 Å². The highest BCUT2D eigenvalue weighted by molar-refractivity contribution is 5.39. The maximum absolute atomic E-state index is 8.16. The third-order valence-corrected chi connectivity index (χ3v) is 1.00. The van der Waals surface area contributed by atoms with Gasteiger partial charge >= 0.3 is 0 Å². The molecule has 0 saturated heterocycles. The van der Waals surface area contributed by atoms with E-state index in [-0.39, 0.29) is 0 Å². The van der Waals surface area contributed by atoms with Gasteiger partial charge in [-0.1, -0.05) is 6.08 Å². The van der Waals surface area contributed by atoms with Crippen LogP contribution in [0.4, 0.5) is 0 Å². The second kappa shape index (κ2) is 3.46. The maximum atomic E-state index is 8.16. The van der Waals surface area contributed by atoms with Gasteiger partial charge in [0.25, 0.3) is 0 Å². The Morgan fingerprint density at radius 1 is 1.80 bits per heavy atom. The van der Waals surface area contributed by atoms with Gasteiger partial charge in [0.15, 0.2) is 0 Å². The van der Waals surface area contributed by atoms with Crippen molar-refractivity contribution < 1.29 is 0 Å². The van der Waals surface area contributed by atoms with Crippen LogP contribution in [0.1, 0.15) is 12.2 Å². The number of allylic oxidation sites excluding steroid dienone is 1. The van der Waals surface area contributed by atoms with E-state index in [1.165, 1.54) is 0 Å². The van der Waals surface area contributed by atoms with Gasteiger partial charge in [-0.15, -0.1) is 0 Å². The second-order valence-corrected chi connectivity index (χ2v) is 1.74. The lowest BCUT2D eigenvalue weighted by Gasteiger charge is -1.78.